The molecule has 0 aromatic heterocycles. The molecule has 1 aromatic carbocycles. The SMILES string of the molecule is CSc1ccc(CNCC2CCCCC2C)cc1. The van der Waals surface area contributed by atoms with Crippen molar-refractivity contribution in [2.75, 3.05) is 12.8 Å². The molecule has 1 aliphatic carbocycles. The van der Waals surface area contributed by atoms with E-state index in [2.05, 4.69) is 42.8 Å². The lowest BCUT2D eigenvalue weighted by atomic mass is 9.80. The number of hydrogen-bond donors (Lipinski definition) is 1. The first kappa shape index (κ1) is 14.0. The second-order valence-electron chi connectivity index (χ2n) is 5.50. The maximum atomic E-state index is 3.63. The standard InChI is InChI=1S/C16H25NS/c1-13-5-3-4-6-15(13)12-17-11-14-7-9-16(18-2)10-8-14/h7-10,13,15,17H,3-6,11-12H2,1-2H3. The molecule has 2 unspecified atom stereocenters. The molecule has 0 bridgehead atoms. The fourth-order valence-electron chi connectivity index (χ4n) is 2.84. The number of nitrogens with one attached hydrogen (secondary N) is 1. The van der Waals surface area contributed by atoms with Crippen LogP contribution in [-0.4, -0.2) is 12.8 Å². The monoisotopic (exact) mass is 263 g/mol. The molecule has 2 atom stereocenters. The molecule has 1 saturated carbocycles. The lowest BCUT2D eigenvalue weighted by Gasteiger charge is -2.28. The van der Waals surface area contributed by atoms with Gasteiger partial charge in [-0.1, -0.05) is 38.3 Å². The van der Waals surface area contributed by atoms with E-state index in [1.54, 1.807) is 11.8 Å². The molecule has 18 heavy (non-hydrogen) atoms. The van der Waals surface area contributed by atoms with Gasteiger partial charge in [0.05, 0.1) is 0 Å². The minimum atomic E-state index is 0.893. The van der Waals surface area contributed by atoms with Gasteiger partial charge in [-0.15, -0.1) is 11.8 Å². The molecule has 0 aliphatic heterocycles. The predicted molar refractivity (Wildman–Crippen MR) is 81.1 cm³/mol. The van der Waals surface area contributed by atoms with Crippen LogP contribution in [0.15, 0.2) is 29.2 Å². The summed E-state index contributed by atoms with van der Waals surface area (Å²) in [7, 11) is 0. The second kappa shape index (κ2) is 7.20. The molecule has 100 valence electrons. The van der Waals surface area contributed by atoms with E-state index >= 15 is 0 Å². The highest BCUT2D eigenvalue weighted by molar-refractivity contribution is 7.98. The van der Waals surface area contributed by atoms with Gasteiger partial charge in [-0.3, -0.25) is 0 Å². The highest BCUT2D eigenvalue weighted by Crippen LogP contribution is 2.28. The van der Waals surface area contributed by atoms with Gasteiger partial charge >= 0.3 is 0 Å². The van der Waals surface area contributed by atoms with Crippen molar-refractivity contribution in [3.05, 3.63) is 29.8 Å². The van der Waals surface area contributed by atoms with Crippen molar-refractivity contribution in [3.8, 4) is 0 Å². The van der Waals surface area contributed by atoms with Gasteiger partial charge in [0.2, 0.25) is 0 Å². The Kier molecular flexibility index (Phi) is 5.58. The van der Waals surface area contributed by atoms with Crippen molar-refractivity contribution in [2.45, 2.75) is 44.0 Å². The fourth-order valence-corrected chi connectivity index (χ4v) is 3.25. The summed E-state index contributed by atoms with van der Waals surface area (Å²) in [4.78, 5) is 1.35. The Morgan fingerprint density at radius 1 is 1.17 bits per heavy atom. The summed E-state index contributed by atoms with van der Waals surface area (Å²) in [6.07, 6.45) is 7.83. The van der Waals surface area contributed by atoms with Crippen LogP contribution in [-0.2, 0) is 6.54 Å². The molecule has 0 saturated heterocycles. The van der Waals surface area contributed by atoms with Crippen molar-refractivity contribution in [1.29, 1.82) is 0 Å². The Labute approximate surface area is 116 Å². The van der Waals surface area contributed by atoms with Gasteiger partial charge in [-0.05, 0) is 48.8 Å². The average Bonchev–Trinajstić information content (AvgIpc) is 2.42. The third kappa shape index (κ3) is 4.03. The minimum Gasteiger partial charge on any atom is -0.312 e. The zero-order valence-electron chi connectivity index (χ0n) is 11.6. The summed E-state index contributed by atoms with van der Waals surface area (Å²) in [6, 6.07) is 8.90. The lowest BCUT2D eigenvalue weighted by molar-refractivity contribution is 0.247. The molecule has 0 amide bonds. The summed E-state index contributed by atoms with van der Waals surface area (Å²) in [5.41, 5.74) is 1.40. The number of benzene rings is 1. The van der Waals surface area contributed by atoms with Gasteiger partial charge in [0.25, 0.3) is 0 Å². The normalized spacial score (nSPS) is 24.1. The summed E-state index contributed by atoms with van der Waals surface area (Å²) in [5, 5.41) is 3.63. The molecule has 1 aromatic rings. The van der Waals surface area contributed by atoms with E-state index in [1.165, 1.54) is 42.7 Å². The first-order chi connectivity index (χ1) is 8.79. The van der Waals surface area contributed by atoms with E-state index in [4.69, 9.17) is 0 Å². The summed E-state index contributed by atoms with van der Waals surface area (Å²) in [6.45, 7) is 4.61. The molecule has 0 heterocycles. The van der Waals surface area contributed by atoms with Crippen LogP contribution in [0.1, 0.15) is 38.2 Å². The molecule has 0 radical (unpaired) electrons. The third-order valence-electron chi connectivity index (χ3n) is 4.18. The zero-order valence-corrected chi connectivity index (χ0v) is 12.4. The van der Waals surface area contributed by atoms with E-state index in [-0.39, 0.29) is 0 Å². The first-order valence-electron chi connectivity index (χ1n) is 7.13. The van der Waals surface area contributed by atoms with Crippen molar-refractivity contribution in [1.82, 2.24) is 5.32 Å². The largest absolute Gasteiger partial charge is 0.312 e. The zero-order chi connectivity index (χ0) is 12.8. The molecular weight excluding hydrogens is 238 g/mol. The molecule has 2 heteroatoms. The molecule has 2 rings (SSSR count). The lowest BCUT2D eigenvalue weighted by Crippen LogP contribution is -2.29. The van der Waals surface area contributed by atoms with Crippen molar-refractivity contribution < 1.29 is 0 Å². The van der Waals surface area contributed by atoms with Gasteiger partial charge in [-0.25, -0.2) is 0 Å². The van der Waals surface area contributed by atoms with Gasteiger partial charge in [0, 0.05) is 11.4 Å². The van der Waals surface area contributed by atoms with Gasteiger partial charge in [0.1, 0.15) is 0 Å². The van der Waals surface area contributed by atoms with Gasteiger partial charge in [0.15, 0.2) is 0 Å². The van der Waals surface area contributed by atoms with E-state index in [0.717, 1.165) is 18.4 Å². The van der Waals surface area contributed by atoms with Crippen molar-refractivity contribution in [2.24, 2.45) is 11.8 Å². The Morgan fingerprint density at radius 2 is 1.89 bits per heavy atom. The van der Waals surface area contributed by atoms with Gasteiger partial charge < -0.3 is 5.32 Å². The van der Waals surface area contributed by atoms with E-state index < -0.39 is 0 Å². The quantitative estimate of drug-likeness (QED) is 0.794. The summed E-state index contributed by atoms with van der Waals surface area (Å²) in [5.74, 6) is 1.80. The molecule has 1 N–H and O–H groups in total. The number of hydrogen-bond acceptors (Lipinski definition) is 2. The van der Waals surface area contributed by atoms with Crippen LogP contribution in [0.25, 0.3) is 0 Å². The van der Waals surface area contributed by atoms with Crippen molar-refractivity contribution >= 4 is 11.8 Å². The predicted octanol–water partition coefficient (Wildman–Crippen LogP) is 4.32. The Morgan fingerprint density at radius 3 is 2.56 bits per heavy atom. The number of thioether (sulfide) groups is 1. The molecule has 0 spiro atoms. The topological polar surface area (TPSA) is 12.0 Å². The third-order valence-corrected chi connectivity index (χ3v) is 4.93. The summed E-state index contributed by atoms with van der Waals surface area (Å²) >= 11 is 1.80. The molecule has 1 fully saturated rings. The Bertz CT molecular complexity index is 347. The Balaban J connectivity index is 1.73. The molecular formula is C16H25NS. The minimum absolute atomic E-state index is 0.893. The fraction of sp³-hybridized carbons (Fsp3) is 0.625. The van der Waals surface area contributed by atoms with Crippen molar-refractivity contribution in [3.63, 3.8) is 0 Å². The summed E-state index contributed by atoms with van der Waals surface area (Å²) < 4.78 is 0. The smallest absolute Gasteiger partial charge is 0.0205 e. The highest BCUT2D eigenvalue weighted by Gasteiger charge is 2.20. The highest BCUT2D eigenvalue weighted by atomic mass is 32.2. The van der Waals surface area contributed by atoms with Crippen LogP contribution < -0.4 is 5.32 Å². The van der Waals surface area contributed by atoms with Crippen LogP contribution in [0.5, 0.6) is 0 Å². The maximum Gasteiger partial charge on any atom is 0.0205 e. The average molecular weight is 263 g/mol. The maximum absolute atomic E-state index is 3.63. The van der Waals surface area contributed by atoms with Crippen LogP contribution in [0.2, 0.25) is 0 Å². The van der Waals surface area contributed by atoms with E-state index in [9.17, 15) is 0 Å². The van der Waals surface area contributed by atoms with Crippen LogP contribution in [0, 0.1) is 11.8 Å². The second-order valence-corrected chi connectivity index (χ2v) is 6.38. The number of rotatable bonds is 5. The van der Waals surface area contributed by atoms with Crippen LogP contribution in [0.4, 0.5) is 0 Å². The van der Waals surface area contributed by atoms with Gasteiger partial charge in [-0.2, -0.15) is 0 Å². The molecule has 1 nitrogen and oxygen atoms in total. The first-order valence-corrected chi connectivity index (χ1v) is 8.35. The van der Waals surface area contributed by atoms with Crippen LogP contribution >= 0.6 is 11.8 Å². The Hall–Kier alpha value is -0.470. The molecule has 1 aliphatic rings. The van der Waals surface area contributed by atoms with E-state index in [0.29, 0.717) is 0 Å². The van der Waals surface area contributed by atoms with E-state index in [1.807, 2.05) is 0 Å². The van der Waals surface area contributed by atoms with Crippen LogP contribution in [0.3, 0.4) is 0 Å².